The number of carboxylic acids is 1. The molecule has 3 nitrogen and oxygen atoms in total. The van der Waals surface area contributed by atoms with E-state index in [1.807, 2.05) is 12.1 Å². The minimum Gasteiger partial charge on any atom is -0.481 e. The summed E-state index contributed by atoms with van der Waals surface area (Å²) in [6.07, 6.45) is 2.68. The van der Waals surface area contributed by atoms with Crippen molar-refractivity contribution in [3.8, 4) is 0 Å². The van der Waals surface area contributed by atoms with Crippen LogP contribution in [0.25, 0.3) is 0 Å². The van der Waals surface area contributed by atoms with Crippen LogP contribution in [0, 0.1) is 5.41 Å². The fraction of sp³-hybridized carbons (Fsp3) is 0.562. The molecule has 3 heteroatoms. The topological polar surface area (TPSA) is 40.5 Å². The first kappa shape index (κ1) is 14.1. The minimum absolute atomic E-state index is 0.108. The third-order valence-electron chi connectivity index (χ3n) is 3.76. The minimum atomic E-state index is -0.773. The Bertz CT molecular complexity index is 437. The number of carbonyl (C=O) groups is 1. The fourth-order valence-electron chi connectivity index (χ4n) is 2.87. The van der Waals surface area contributed by atoms with Crippen LogP contribution in [0.1, 0.15) is 37.8 Å². The Morgan fingerprint density at radius 3 is 2.47 bits per heavy atom. The molecule has 1 aromatic rings. The average Bonchev–Trinajstić information content (AvgIpc) is 2.30. The Labute approximate surface area is 115 Å². The third kappa shape index (κ3) is 4.35. The van der Waals surface area contributed by atoms with Crippen molar-refractivity contribution in [2.75, 3.05) is 13.1 Å². The molecule has 0 atom stereocenters. The monoisotopic (exact) mass is 261 g/mol. The van der Waals surface area contributed by atoms with Crippen molar-refractivity contribution in [1.82, 2.24) is 4.90 Å². The molecule has 1 aliphatic heterocycles. The maximum absolute atomic E-state index is 10.6. The highest BCUT2D eigenvalue weighted by molar-refractivity contribution is 5.70. The summed E-state index contributed by atoms with van der Waals surface area (Å²) >= 11 is 0. The predicted octanol–water partition coefficient (Wildman–Crippen LogP) is 2.94. The first-order chi connectivity index (χ1) is 8.94. The van der Waals surface area contributed by atoms with Crippen molar-refractivity contribution in [1.29, 1.82) is 0 Å². The summed E-state index contributed by atoms with van der Waals surface area (Å²) in [4.78, 5) is 13.1. The van der Waals surface area contributed by atoms with Gasteiger partial charge in [0.2, 0.25) is 0 Å². The van der Waals surface area contributed by atoms with E-state index in [2.05, 4.69) is 30.9 Å². The molecule has 0 amide bonds. The van der Waals surface area contributed by atoms with Crippen LogP contribution in [0.2, 0.25) is 0 Å². The van der Waals surface area contributed by atoms with Gasteiger partial charge in [-0.25, -0.2) is 0 Å². The highest BCUT2D eigenvalue weighted by Crippen LogP contribution is 2.29. The predicted molar refractivity (Wildman–Crippen MR) is 76.1 cm³/mol. The Balaban J connectivity index is 1.94. The van der Waals surface area contributed by atoms with Crippen LogP contribution in [-0.4, -0.2) is 29.1 Å². The molecule has 0 saturated carbocycles. The molecule has 0 bridgehead atoms. The lowest BCUT2D eigenvalue weighted by Gasteiger charge is -2.38. The second kappa shape index (κ2) is 5.74. The number of carboxylic acid groups (broad SMARTS) is 1. The molecule has 1 fully saturated rings. The van der Waals surface area contributed by atoms with Crippen LogP contribution in [0.3, 0.4) is 0 Å². The van der Waals surface area contributed by atoms with Crippen LogP contribution >= 0.6 is 0 Å². The summed E-state index contributed by atoms with van der Waals surface area (Å²) in [6.45, 7) is 7.94. The number of nitrogens with zero attached hydrogens (tertiary/aromatic N) is 1. The van der Waals surface area contributed by atoms with Gasteiger partial charge in [-0.15, -0.1) is 0 Å². The molecule has 1 saturated heterocycles. The smallest absolute Gasteiger partial charge is 0.307 e. The molecule has 1 heterocycles. The summed E-state index contributed by atoms with van der Waals surface area (Å²) in [5.74, 6) is -0.773. The van der Waals surface area contributed by atoms with Crippen LogP contribution in [0.5, 0.6) is 0 Å². The van der Waals surface area contributed by atoms with E-state index in [1.54, 1.807) is 0 Å². The van der Waals surface area contributed by atoms with E-state index in [9.17, 15) is 4.79 Å². The first-order valence-electron chi connectivity index (χ1n) is 6.97. The Hall–Kier alpha value is -1.35. The zero-order chi connectivity index (χ0) is 13.9. The molecule has 19 heavy (non-hydrogen) atoms. The van der Waals surface area contributed by atoms with Gasteiger partial charge >= 0.3 is 5.97 Å². The number of hydrogen-bond acceptors (Lipinski definition) is 2. The molecular formula is C16H23NO2. The van der Waals surface area contributed by atoms with E-state index in [0.29, 0.717) is 5.41 Å². The van der Waals surface area contributed by atoms with Crippen LogP contribution in [-0.2, 0) is 17.8 Å². The number of likely N-dealkylation sites (tertiary alicyclic amines) is 1. The van der Waals surface area contributed by atoms with E-state index in [-0.39, 0.29) is 6.42 Å². The van der Waals surface area contributed by atoms with E-state index < -0.39 is 5.97 Å². The number of aliphatic carboxylic acids is 1. The zero-order valence-electron chi connectivity index (χ0n) is 11.9. The summed E-state index contributed by atoms with van der Waals surface area (Å²) in [7, 11) is 0. The second-order valence-corrected chi connectivity index (χ2v) is 6.37. The van der Waals surface area contributed by atoms with Gasteiger partial charge in [-0.1, -0.05) is 38.1 Å². The maximum atomic E-state index is 10.6. The van der Waals surface area contributed by atoms with Crippen molar-refractivity contribution in [2.24, 2.45) is 5.41 Å². The normalized spacial score (nSPS) is 19.3. The zero-order valence-corrected chi connectivity index (χ0v) is 11.9. The quantitative estimate of drug-likeness (QED) is 0.906. The molecular weight excluding hydrogens is 238 g/mol. The highest BCUT2D eigenvalue weighted by atomic mass is 16.4. The molecule has 0 spiro atoms. The van der Waals surface area contributed by atoms with Crippen LogP contribution in [0.15, 0.2) is 24.3 Å². The summed E-state index contributed by atoms with van der Waals surface area (Å²) in [6, 6.07) is 7.97. The number of hydrogen-bond donors (Lipinski definition) is 1. The molecule has 1 aromatic carbocycles. The molecule has 0 aliphatic carbocycles. The van der Waals surface area contributed by atoms with Gasteiger partial charge in [0.25, 0.3) is 0 Å². The first-order valence-corrected chi connectivity index (χ1v) is 6.97. The van der Waals surface area contributed by atoms with Gasteiger partial charge in [0.05, 0.1) is 6.42 Å². The van der Waals surface area contributed by atoms with Gasteiger partial charge in [0.15, 0.2) is 0 Å². The van der Waals surface area contributed by atoms with Gasteiger partial charge in [-0.3, -0.25) is 9.69 Å². The number of rotatable bonds is 4. The molecule has 104 valence electrons. The highest BCUT2D eigenvalue weighted by Gasteiger charge is 2.25. The van der Waals surface area contributed by atoms with Crippen molar-refractivity contribution in [3.63, 3.8) is 0 Å². The average molecular weight is 261 g/mol. The standard InChI is InChI=1S/C16H23NO2/c1-16(2)8-3-9-17(12-16)11-14-6-4-13(5-7-14)10-15(18)19/h4-7H,3,8-12H2,1-2H3,(H,18,19). The summed E-state index contributed by atoms with van der Waals surface area (Å²) in [5, 5.41) is 8.75. The SMILES string of the molecule is CC1(C)CCCN(Cc2ccc(CC(=O)O)cc2)C1. The number of benzene rings is 1. The fourth-order valence-corrected chi connectivity index (χ4v) is 2.87. The summed E-state index contributed by atoms with van der Waals surface area (Å²) < 4.78 is 0. The Morgan fingerprint density at radius 1 is 1.26 bits per heavy atom. The van der Waals surface area contributed by atoms with Crippen molar-refractivity contribution in [2.45, 2.75) is 39.7 Å². The molecule has 0 radical (unpaired) electrons. The largest absolute Gasteiger partial charge is 0.481 e. The van der Waals surface area contributed by atoms with E-state index in [0.717, 1.165) is 18.7 Å². The van der Waals surface area contributed by atoms with Crippen molar-refractivity contribution < 1.29 is 9.90 Å². The van der Waals surface area contributed by atoms with Crippen LogP contribution in [0.4, 0.5) is 0 Å². The van der Waals surface area contributed by atoms with Gasteiger partial charge < -0.3 is 5.11 Å². The van der Waals surface area contributed by atoms with Gasteiger partial charge in [0.1, 0.15) is 0 Å². The lowest BCUT2D eigenvalue weighted by molar-refractivity contribution is -0.136. The van der Waals surface area contributed by atoms with E-state index in [1.165, 1.54) is 24.9 Å². The molecule has 1 N–H and O–H groups in total. The molecule has 1 aliphatic rings. The van der Waals surface area contributed by atoms with Crippen molar-refractivity contribution in [3.05, 3.63) is 35.4 Å². The number of piperidine rings is 1. The van der Waals surface area contributed by atoms with E-state index in [4.69, 9.17) is 5.11 Å². The Morgan fingerprint density at radius 2 is 1.89 bits per heavy atom. The van der Waals surface area contributed by atoms with Crippen molar-refractivity contribution >= 4 is 5.97 Å². The summed E-state index contributed by atoms with van der Waals surface area (Å²) in [5.41, 5.74) is 2.56. The molecule has 0 unspecified atom stereocenters. The Kier molecular flexibility index (Phi) is 4.25. The van der Waals surface area contributed by atoms with Gasteiger partial charge in [-0.2, -0.15) is 0 Å². The lowest BCUT2D eigenvalue weighted by atomic mass is 9.84. The second-order valence-electron chi connectivity index (χ2n) is 6.37. The lowest BCUT2D eigenvalue weighted by Crippen LogP contribution is -2.39. The van der Waals surface area contributed by atoms with Crippen LogP contribution < -0.4 is 0 Å². The van der Waals surface area contributed by atoms with Gasteiger partial charge in [-0.05, 0) is 35.9 Å². The third-order valence-corrected chi connectivity index (χ3v) is 3.76. The van der Waals surface area contributed by atoms with Gasteiger partial charge in [0, 0.05) is 13.1 Å². The maximum Gasteiger partial charge on any atom is 0.307 e. The van der Waals surface area contributed by atoms with E-state index >= 15 is 0 Å². The molecule has 0 aromatic heterocycles. The molecule has 2 rings (SSSR count).